The molecular formula is C24H21N5O9. The van der Waals surface area contributed by atoms with Gasteiger partial charge in [-0.2, -0.15) is 5.10 Å². The predicted octanol–water partition coefficient (Wildman–Crippen LogP) is 3.79. The quantitative estimate of drug-likeness (QED) is 0.182. The number of hydrogen-bond donors (Lipinski definition) is 2. The van der Waals surface area contributed by atoms with E-state index in [1.54, 1.807) is 31.2 Å². The van der Waals surface area contributed by atoms with E-state index in [0.717, 1.165) is 18.2 Å². The van der Waals surface area contributed by atoms with E-state index in [1.165, 1.54) is 32.4 Å². The number of para-hydroxylation sites is 2. The summed E-state index contributed by atoms with van der Waals surface area (Å²) in [6, 6.07) is 14.0. The molecule has 14 nitrogen and oxygen atoms in total. The molecule has 3 rings (SSSR count). The molecule has 0 bridgehead atoms. The summed E-state index contributed by atoms with van der Waals surface area (Å²) in [4.78, 5) is 45.2. The van der Waals surface area contributed by atoms with E-state index in [0.29, 0.717) is 22.7 Å². The molecule has 0 aromatic heterocycles. The molecule has 0 aliphatic rings. The number of benzene rings is 3. The van der Waals surface area contributed by atoms with Crippen molar-refractivity contribution < 1.29 is 33.6 Å². The molecule has 0 saturated heterocycles. The number of anilines is 1. The van der Waals surface area contributed by atoms with Crippen LogP contribution in [0.5, 0.6) is 23.0 Å². The van der Waals surface area contributed by atoms with Gasteiger partial charge in [-0.25, -0.2) is 5.43 Å². The third-order valence-electron chi connectivity index (χ3n) is 5.04. The lowest BCUT2D eigenvalue weighted by Gasteiger charge is -2.12. The number of non-ortho nitro benzene ring substituents is 1. The fourth-order valence-electron chi connectivity index (χ4n) is 3.12. The molecule has 0 saturated carbocycles. The zero-order valence-electron chi connectivity index (χ0n) is 20.3. The number of amides is 2. The maximum absolute atomic E-state index is 12.2. The van der Waals surface area contributed by atoms with Gasteiger partial charge < -0.3 is 19.5 Å². The molecule has 196 valence electrons. The number of carbonyl (C=O) groups is 2. The smallest absolute Gasteiger partial charge is 0.329 e. The van der Waals surface area contributed by atoms with Gasteiger partial charge in [-0.1, -0.05) is 12.1 Å². The van der Waals surface area contributed by atoms with Gasteiger partial charge >= 0.3 is 17.5 Å². The average molecular weight is 523 g/mol. The maximum Gasteiger partial charge on any atom is 0.329 e. The van der Waals surface area contributed by atoms with Crippen LogP contribution in [0.3, 0.4) is 0 Å². The van der Waals surface area contributed by atoms with Crippen LogP contribution >= 0.6 is 0 Å². The number of rotatable bonds is 9. The van der Waals surface area contributed by atoms with Crippen LogP contribution in [0.25, 0.3) is 0 Å². The van der Waals surface area contributed by atoms with Crippen molar-refractivity contribution in [3.05, 3.63) is 86.5 Å². The van der Waals surface area contributed by atoms with Gasteiger partial charge in [0.15, 0.2) is 11.5 Å². The fraction of sp³-hybridized carbons (Fsp3) is 0.125. The highest BCUT2D eigenvalue weighted by molar-refractivity contribution is 6.39. The summed E-state index contributed by atoms with van der Waals surface area (Å²) in [5.74, 6) is -1.59. The molecule has 2 N–H and O–H groups in total. The Morgan fingerprint density at radius 2 is 1.50 bits per heavy atom. The Hall–Kier alpha value is -5.53. The lowest BCUT2D eigenvalue weighted by Crippen LogP contribution is -2.33. The Morgan fingerprint density at radius 3 is 2.16 bits per heavy atom. The van der Waals surface area contributed by atoms with Crippen molar-refractivity contribution in [1.29, 1.82) is 0 Å². The molecule has 0 aliphatic carbocycles. The van der Waals surface area contributed by atoms with Crippen molar-refractivity contribution in [2.75, 3.05) is 19.5 Å². The van der Waals surface area contributed by atoms with Crippen LogP contribution in [0, 0.1) is 20.2 Å². The molecule has 14 heteroatoms. The molecule has 0 spiro atoms. The molecule has 3 aromatic rings. The minimum atomic E-state index is -1.02. The molecule has 0 radical (unpaired) electrons. The van der Waals surface area contributed by atoms with Crippen LogP contribution in [-0.2, 0) is 9.59 Å². The lowest BCUT2D eigenvalue weighted by molar-refractivity contribution is -0.394. The highest BCUT2D eigenvalue weighted by Gasteiger charge is 2.22. The molecule has 2 amide bonds. The number of nitrogens with zero attached hydrogens (tertiary/aromatic N) is 3. The first kappa shape index (κ1) is 27.1. The van der Waals surface area contributed by atoms with Gasteiger partial charge in [0.1, 0.15) is 5.75 Å². The molecule has 0 aliphatic heterocycles. The summed E-state index contributed by atoms with van der Waals surface area (Å²) in [6.45, 7) is 1.56. The Morgan fingerprint density at radius 1 is 0.816 bits per heavy atom. The molecule has 3 aromatic carbocycles. The molecule has 38 heavy (non-hydrogen) atoms. The van der Waals surface area contributed by atoms with Gasteiger partial charge in [0.05, 0.1) is 41.5 Å². The van der Waals surface area contributed by atoms with Gasteiger partial charge in [0, 0.05) is 11.6 Å². The Labute approximate surface area is 215 Å². The number of methoxy groups -OCH3 is 2. The second kappa shape index (κ2) is 11.9. The summed E-state index contributed by atoms with van der Waals surface area (Å²) in [6.07, 6.45) is 0. The average Bonchev–Trinajstić information content (AvgIpc) is 2.91. The molecule has 0 heterocycles. The third-order valence-corrected chi connectivity index (χ3v) is 5.04. The van der Waals surface area contributed by atoms with E-state index < -0.39 is 33.0 Å². The fourth-order valence-corrected chi connectivity index (χ4v) is 3.12. The van der Waals surface area contributed by atoms with Crippen LogP contribution in [0.4, 0.5) is 17.1 Å². The van der Waals surface area contributed by atoms with Crippen LogP contribution in [0.2, 0.25) is 0 Å². The SMILES string of the molecule is COc1ccccc1NC(=O)C(=O)N/N=C(\C)c1ccc(Oc2ccc([N+](=O)[O-])cc2[N+](=O)[O-])c(OC)c1. The van der Waals surface area contributed by atoms with Gasteiger partial charge in [-0.15, -0.1) is 0 Å². The standard InChI is InChI=1S/C24H21N5O9/c1-14(26-27-24(31)23(30)25-17-6-4-5-7-19(17)36-2)15-8-10-21(22(12-15)37-3)38-20-11-9-16(28(32)33)13-18(20)29(34)35/h4-13H,1-3H3,(H,25,30)(H,27,31)/b26-14+. The minimum absolute atomic E-state index is 0.0845. The van der Waals surface area contributed by atoms with Gasteiger partial charge in [0.25, 0.3) is 5.69 Å². The number of ether oxygens (including phenoxy) is 3. The van der Waals surface area contributed by atoms with E-state index in [9.17, 15) is 29.8 Å². The van der Waals surface area contributed by atoms with Crippen LogP contribution in [0.15, 0.2) is 65.8 Å². The number of hydrogen-bond acceptors (Lipinski definition) is 10. The van der Waals surface area contributed by atoms with Crippen molar-refractivity contribution in [3.8, 4) is 23.0 Å². The Balaban J connectivity index is 1.75. The summed E-state index contributed by atoms with van der Waals surface area (Å²) in [7, 11) is 2.77. The van der Waals surface area contributed by atoms with Gasteiger partial charge in [0.2, 0.25) is 5.75 Å². The largest absolute Gasteiger partial charge is 0.495 e. The lowest BCUT2D eigenvalue weighted by atomic mass is 10.1. The van der Waals surface area contributed by atoms with Gasteiger partial charge in [-0.05, 0) is 43.3 Å². The van der Waals surface area contributed by atoms with Crippen molar-refractivity contribution in [2.45, 2.75) is 6.92 Å². The maximum atomic E-state index is 12.2. The van der Waals surface area contributed by atoms with Crippen LogP contribution < -0.4 is 25.0 Å². The van der Waals surface area contributed by atoms with E-state index in [2.05, 4.69) is 15.8 Å². The van der Waals surface area contributed by atoms with E-state index in [1.807, 2.05) is 0 Å². The van der Waals surface area contributed by atoms with Crippen LogP contribution in [0.1, 0.15) is 12.5 Å². The summed E-state index contributed by atoms with van der Waals surface area (Å²) < 4.78 is 16.0. The highest BCUT2D eigenvalue weighted by atomic mass is 16.6. The van der Waals surface area contributed by atoms with E-state index >= 15 is 0 Å². The topological polar surface area (TPSA) is 185 Å². The summed E-state index contributed by atoms with van der Waals surface area (Å²) >= 11 is 0. The van der Waals surface area contributed by atoms with Crippen molar-refractivity contribution in [1.82, 2.24) is 5.43 Å². The zero-order valence-corrected chi connectivity index (χ0v) is 20.3. The van der Waals surface area contributed by atoms with E-state index in [4.69, 9.17) is 14.2 Å². The first-order valence-electron chi connectivity index (χ1n) is 10.7. The first-order valence-corrected chi connectivity index (χ1v) is 10.7. The van der Waals surface area contributed by atoms with E-state index in [-0.39, 0.29) is 17.2 Å². The number of carbonyl (C=O) groups excluding carboxylic acids is 2. The normalized spacial score (nSPS) is 10.8. The monoisotopic (exact) mass is 523 g/mol. The van der Waals surface area contributed by atoms with Crippen molar-refractivity contribution >= 4 is 34.6 Å². The van der Waals surface area contributed by atoms with Crippen LogP contribution in [-0.4, -0.2) is 41.6 Å². The summed E-state index contributed by atoms with van der Waals surface area (Å²) in [5.41, 5.74) is 2.18. The molecule has 0 fully saturated rings. The van der Waals surface area contributed by atoms with Crippen molar-refractivity contribution in [3.63, 3.8) is 0 Å². The molecule has 0 unspecified atom stereocenters. The highest BCUT2D eigenvalue weighted by Crippen LogP contribution is 2.38. The van der Waals surface area contributed by atoms with Crippen molar-refractivity contribution in [2.24, 2.45) is 5.10 Å². The second-order valence-electron chi connectivity index (χ2n) is 7.43. The van der Waals surface area contributed by atoms with Gasteiger partial charge in [-0.3, -0.25) is 29.8 Å². The predicted molar refractivity (Wildman–Crippen MR) is 135 cm³/mol. The number of hydrazone groups is 1. The number of nitro groups is 2. The first-order chi connectivity index (χ1) is 18.1. The zero-order chi connectivity index (χ0) is 27.8. The summed E-state index contributed by atoms with van der Waals surface area (Å²) in [5, 5.41) is 28.7. The number of nitrogens with one attached hydrogen (secondary N) is 2. The third kappa shape index (κ3) is 6.37. The Kier molecular flexibility index (Phi) is 8.50. The minimum Gasteiger partial charge on any atom is -0.495 e. The second-order valence-corrected chi connectivity index (χ2v) is 7.43. The molecule has 0 atom stereocenters. The number of nitro benzene ring substituents is 2. The Bertz CT molecular complexity index is 1440. The molecular weight excluding hydrogens is 502 g/mol.